The highest BCUT2D eigenvalue weighted by atomic mass is 35.5. The summed E-state index contributed by atoms with van der Waals surface area (Å²) in [4.78, 5) is 14.2. The molecule has 0 unspecified atom stereocenters. The van der Waals surface area contributed by atoms with Crippen LogP contribution in [0, 0.1) is 0 Å². The topological polar surface area (TPSA) is 76.2 Å². The molecule has 1 heterocycles. The van der Waals surface area contributed by atoms with Gasteiger partial charge in [0.2, 0.25) is 22.7 Å². The predicted octanol–water partition coefficient (Wildman–Crippen LogP) is 2.88. The Morgan fingerprint density at radius 2 is 1.79 bits per heavy atom. The third kappa shape index (κ3) is 4.51. The number of nitrogens with zero attached hydrogens (tertiary/aromatic N) is 2. The predicted molar refractivity (Wildman–Crippen MR) is 107 cm³/mol. The van der Waals surface area contributed by atoms with Crippen LogP contribution in [0.5, 0.6) is 11.5 Å². The van der Waals surface area contributed by atoms with Gasteiger partial charge < -0.3 is 14.4 Å². The van der Waals surface area contributed by atoms with Gasteiger partial charge in [-0.1, -0.05) is 23.7 Å². The Morgan fingerprint density at radius 1 is 1.11 bits per heavy atom. The lowest BCUT2D eigenvalue weighted by Crippen LogP contribution is -2.42. The number of hydrogen-bond donors (Lipinski definition) is 0. The van der Waals surface area contributed by atoms with E-state index in [0.717, 1.165) is 9.87 Å². The molecule has 2 aromatic carbocycles. The molecule has 0 saturated carbocycles. The molecule has 1 amide bonds. The van der Waals surface area contributed by atoms with Crippen molar-refractivity contribution in [3.63, 3.8) is 0 Å². The summed E-state index contributed by atoms with van der Waals surface area (Å²) in [5.41, 5.74) is 1.26. The van der Waals surface area contributed by atoms with Crippen LogP contribution in [0.4, 0.5) is 5.69 Å². The number of carbonyl (C=O) groups is 1. The second-order valence-corrected chi connectivity index (χ2v) is 8.94. The minimum Gasteiger partial charge on any atom is -0.454 e. The Bertz CT molecular complexity index is 963. The van der Waals surface area contributed by atoms with Gasteiger partial charge in [0.1, 0.15) is 6.54 Å². The molecular formula is C19H21ClN2O5S. The maximum atomic E-state index is 12.7. The van der Waals surface area contributed by atoms with Gasteiger partial charge in [0.05, 0.1) is 11.4 Å². The van der Waals surface area contributed by atoms with E-state index in [1.807, 2.05) is 12.1 Å². The van der Waals surface area contributed by atoms with E-state index in [-0.39, 0.29) is 25.0 Å². The highest BCUT2D eigenvalue weighted by Crippen LogP contribution is 2.36. The smallest absolute Gasteiger partial charge is 0.243 e. The standard InChI is InChI=1S/C19H21ClN2O5S/c1-3-28(24,25)22(16-8-9-17-18(10-16)27-13-26-17)12-19(23)21(2)11-14-4-6-15(20)7-5-14/h4-10H,3,11-13H2,1-2H3. The van der Waals surface area contributed by atoms with Crippen LogP contribution >= 0.6 is 11.6 Å². The quantitative estimate of drug-likeness (QED) is 0.683. The number of hydrogen-bond acceptors (Lipinski definition) is 5. The van der Waals surface area contributed by atoms with Crippen LogP contribution in [0.15, 0.2) is 42.5 Å². The van der Waals surface area contributed by atoms with Crippen molar-refractivity contribution in [1.29, 1.82) is 0 Å². The van der Waals surface area contributed by atoms with Crippen molar-refractivity contribution in [3.05, 3.63) is 53.1 Å². The van der Waals surface area contributed by atoms with Crippen molar-refractivity contribution in [3.8, 4) is 11.5 Å². The number of benzene rings is 2. The fourth-order valence-corrected chi connectivity index (χ4v) is 3.92. The van der Waals surface area contributed by atoms with Crippen molar-refractivity contribution in [2.24, 2.45) is 0 Å². The summed E-state index contributed by atoms with van der Waals surface area (Å²) in [5, 5.41) is 0.612. The van der Waals surface area contributed by atoms with Crippen LogP contribution in [0.25, 0.3) is 0 Å². The number of likely N-dealkylation sites (N-methyl/N-ethyl adjacent to an activating group) is 1. The van der Waals surface area contributed by atoms with Crippen LogP contribution in [-0.4, -0.2) is 45.4 Å². The maximum absolute atomic E-state index is 12.7. The average molecular weight is 425 g/mol. The molecule has 0 saturated heterocycles. The van der Waals surface area contributed by atoms with E-state index >= 15 is 0 Å². The number of halogens is 1. The molecular weight excluding hydrogens is 404 g/mol. The van der Waals surface area contributed by atoms with Crippen molar-refractivity contribution < 1.29 is 22.7 Å². The van der Waals surface area contributed by atoms with E-state index in [9.17, 15) is 13.2 Å². The van der Waals surface area contributed by atoms with E-state index in [1.165, 1.54) is 11.8 Å². The summed E-state index contributed by atoms with van der Waals surface area (Å²) in [5.74, 6) is 0.541. The van der Waals surface area contributed by atoms with Crippen LogP contribution in [-0.2, 0) is 21.4 Å². The van der Waals surface area contributed by atoms with Crippen molar-refractivity contribution >= 4 is 33.2 Å². The normalized spacial score (nSPS) is 12.7. The van der Waals surface area contributed by atoms with Crippen LogP contribution in [0.2, 0.25) is 5.02 Å². The second kappa shape index (κ2) is 8.28. The molecule has 3 rings (SSSR count). The Balaban J connectivity index is 1.79. The Kier molecular flexibility index (Phi) is 6.00. The van der Waals surface area contributed by atoms with Crippen LogP contribution < -0.4 is 13.8 Å². The molecule has 0 bridgehead atoms. The number of ether oxygens (including phenoxy) is 2. The molecule has 0 aliphatic carbocycles. The number of anilines is 1. The van der Waals surface area contributed by atoms with Crippen molar-refractivity contribution in [2.45, 2.75) is 13.5 Å². The molecule has 1 aliphatic rings. The van der Waals surface area contributed by atoms with E-state index in [4.69, 9.17) is 21.1 Å². The Morgan fingerprint density at radius 3 is 2.46 bits per heavy atom. The summed E-state index contributed by atoms with van der Waals surface area (Å²) in [7, 11) is -2.03. The highest BCUT2D eigenvalue weighted by molar-refractivity contribution is 7.92. The molecule has 2 aromatic rings. The monoisotopic (exact) mass is 424 g/mol. The third-order valence-corrected chi connectivity index (χ3v) is 6.38. The number of rotatable bonds is 7. The molecule has 7 nitrogen and oxygen atoms in total. The molecule has 0 atom stereocenters. The third-order valence-electron chi connectivity index (χ3n) is 4.38. The summed E-state index contributed by atoms with van der Waals surface area (Å²) < 4.78 is 36.9. The van der Waals surface area contributed by atoms with E-state index in [1.54, 1.807) is 37.4 Å². The molecule has 0 N–H and O–H groups in total. The first-order valence-electron chi connectivity index (χ1n) is 8.68. The lowest BCUT2D eigenvalue weighted by molar-refractivity contribution is -0.128. The molecule has 0 aromatic heterocycles. The zero-order valence-electron chi connectivity index (χ0n) is 15.6. The van der Waals surface area contributed by atoms with Gasteiger partial charge >= 0.3 is 0 Å². The van der Waals surface area contributed by atoms with Crippen molar-refractivity contribution in [1.82, 2.24) is 4.90 Å². The maximum Gasteiger partial charge on any atom is 0.243 e. The number of fused-ring (bicyclic) bond motifs is 1. The van der Waals surface area contributed by atoms with Gasteiger partial charge in [0.15, 0.2) is 11.5 Å². The fourth-order valence-electron chi connectivity index (χ4n) is 2.74. The molecule has 28 heavy (non-hydrogen) atoms. The second-order valence-electron chi connectivity index (χ2n) is 6.32. The molecule has 1 aliphatic heterocycles. The Hall–Kier alpha value is -2.45. The zero-order chi connectivity index (χ0) is 20.3. The molecule has 0 fully saturated rings. The number of amides is 1. The van der Waals surface area contributed by atoms with Gasteiger partial charge in [-0.25, -0.2) is 8.42 Å². The van der Waals surface area contributed by atoms with Crippen molar-refractivity contribution in [2.75, 3.05) is 30.4 Å². The highest BCUT2D eigenvalue weighted by Gasteiger charge is 2.27. The van der Waals surface area contributed by atoms with Gasteiger partial charge in [-0.05, 0) is 36.8 Å². The van der Waals surface area contributed by atoms with Gasteiger partial charge in [-0.3, -0.25) is 9.10 Å². The molecule has 0 radical (unpaired) electrons. The van der Waals surface area contributed by atoms with E-state index in [2.05, 4.69) is 0 Å². The largest absolute Gasteiger partial charge is 0.454 e. The summed E-state index contributed by atoms with van der Waals surface area (Å²) in [6, 6.07) is 12.0. The SMILES string of the molecule is CCS(=O)(=O)N(CC(=O)N(C)Cc1ccc(Cl)cc1)c1ccc2c(c1)OCO2. The van der Waals surface area contributed by atoms with Crippen LogP contribution in [0.3, 0.4) is 0 Å². The van der Waals surface area contributed by atoms with Crippen LogP contribution in [0.1, 0.15) is 12.5 Å². The average Bonchev–Trinajstić information content (AvgIpc) is 3.15. The first-order chi connectivity index (χ1) is 13.3. The van der Waals surface area contributed by atoms with Gasteiger partial charge in [-0.2, -0.15) is 0 Å². The van der Waals surface area contributed by atoms with E-state index < -0.39 is 10.0 Å². The first kappa shape index (κ1) is 20.3. The van der Waals surface area contributed by atoms with Gasteiger partial charge in [-0.15, -0.1) is 0 Å². The Labute approximate surface area is 169 Å². The minimum absolute atomic E-state index is 0.0854. The molecule has 9 heteroatoms. The van der Waals surface area contributed by atoms with Gasteiger partial charge in [0, 0.05) is 24.7 Å². The zero-order valence-corrected chi connectivity index (χ0v) is 17.2. The number of carbonyl (C=O) groups excluding carboxylic acids is 1. The minimum atomic E-state index is -3.67. The lowest BCUT2D eigenvalue weighted by atomic mass is 10.2. The molecule has 0 spiro atoms. The summed E-state index contributed by atoms with van der Waals surface area (Å²) in [6.07, 6.45) is 0. The lowest BCUT2D eigenvalue weighted by Gasteiger charge is -2.26. The number of sulfonamides is 1. The first-order valence-corrected chi connectivity index (χ1v) is 10.7. The van der Waals surface area contributed by atoms with E-state index in [0.29, 0.717) is 28.8 Å². The fraction of sp³-hybridized carbons (Fsp3) is 0.316. The van der Waals surface area contributed by atoms with Gasteiger partial charge in [0.25, 0.3) is 0 Å². The summed E-state index contributed by atoms with van der Waals surface area (Å²) >= 11 is 5.88. The summed E-state index contributed by atoms with van der Waals surface area (Å²) in [6.45, 7) is 1.66. The molecule has 150 valence electrons.